The number of rotatable bonds is 3. The highest BCUT2D eigenvalue weighted by atomic mass is 16.2. The summed E-state index contributed by atoms with van der Waals surface area (Å²) in [5.41, 5.74) is 9.63. The smallest absolute Gasteiger partial charge is 0.250 e. The summed E-state index contributed by atoms with van der Waals surface area (Å²) in [5.74, 6) is -0.595. The average Bonchev–Trinajstić information content (AvgIpc) is 3.34. The minimum Gasteiger partial charge on any atom is -0.366 e. The van der Waals surface area contributed by atoms with Crippen LogP contribution in [-0.2, 0) is 11.2 Å². The monoisotopic (exact) mass is 360 g/mol. The van der Waals surface area contributed by atoms with E-state index < -0.39 is 11.9 Å². The van der Waals surface area contributed by atoms with E-state index in [2.05, 4.69) is 6.19 Å². The predicted octanol–water partition coefficient (Wildman–Crippen LogP) is 2.29. The number of nitrogens with zero attached hydrogens (tertiary/aromatic N) is 3. The van der Waals surface area contributed by atoms with Crippen LogP contribution in [-0.4, -0.2) is 35.8 Å². The van der Waals surface area contributed by atoms with Gasteiger partial charge in [0, 0.05) is 24.3 Å². The summed E-state index contributed by atoms with van der Waals surface area (Å²) in [6.07, 6.45) is 4.35. The molecule has 1 fully saturated rings. The van der Waals surface area contributed by atoms with Gasteiger partial charge in [0.15, 0.2) is 6.19 Å². The molecule has 27 heavy (non-hydrogen) atoms. The molecule has 0 aliphatic carbocycles. The van der Waals surface area contributed by atoms with E-state index >= 15 is 0 Å². The lowest BCUT2D eigenvalue weighted by molar-refractivity contribution is -0.121. The summed E-state index contributed by atoms with van der Waals surface area (Å²) in [7, 11) is 0. The van der Waals surface area contributed by atoms with E-state index in [9.17, 15) is 14.9 Å². The molecule has 2 aromatic rings. The van der Waals surface area contributed by atoms with Crippen LogP contribution in [0, 0.1) is 11.5 Å². The number of fused-ring (bicyclic) bond motifs is 1. The molecule has 0 aromatic heterocycles. The fraction of sp³-hybridized carbons (Fsp3) is 0.286. The third-order valence-corrected chi connectivity index (χ3v) is 5.40. The third kappa shape index (κ3) is 2.91. The molecule has 2 heterocycles. The number of carbonyl (C=O) groups excluding carboxylic acids is 2. The van der Waals surface area contributed by atoms with E-state index in [0.717, 1.165) is 28.8 Å². The second-order valence-electron chi connectivity index (χ2n) is 6.94. The first-order valence-electron chi connectivity index (χ1n) is 9.10. The van der Waals surface area contributed by atoms with Crippen LogP contribution in [0.3, 0.4) is 0 Å². The molecule has 2 aromatic carbocycles. The normalized spacial score (nSPS) is 18.3. The van der Waals surface area contributed by atoms with Crippen LogP contribution in [0.5, 0.6) is 0 Å². The van der Waals surface area contributed by atoms with Crippen LogP contribution in [0.1, 0.15) is 28.8 Å². The van der Waals surface area contributed by atoms with Gasteiger partial charge in [0.2, 0.25) is 11.8 Å². The zero-order valence-electron chi connectivity index (χ0n) is 14.9. The molecule has 0 radical (unpaired) electrons. The maximum absolute atomic E-state index is 13.1. The Bertz CT molecular complexity index is 949. The average molecular weight is 360 g/mol. The Morgan fingerprint density at radius 1 is 1.15 bits per heavy atom. The van der Waals surface area contributed by atoms with Crippen LogP contribution in [0.2, 0.25) is 0 Å². The van der Waals surface area contributed by atoms with Crippen molar-refractivity contribution in [2.45, 2.75) is 25.3 Å². The minimum absolute atomic E-state index is 0.0755. The number of carbonyl (C=O) groups is 2. The molecule has 1 atom stereocenters. The molecule has 0 saturated carbocycles. The Labute approximate surface area is 157 Å². The van der Waals surface area contributed by atoms with E-state index in [0.29, 0.717) is 31.5 Å². The molecule has 2 aliphatic rings. The number of primary amides is 1. The van der Waals surface area contributed by atoms with E-state index in [4.69, 9.17) is 5.73 Å². The van der Waals surface area contributed by atoms with Crippen molar-refractivity contribution in [3.63, 3.8) is 0 Å². The summed E-state index contributed by atoms with van der Waals surface area (Å²) in [5, 5.41) is 9.28. The van der Waals surface area contributed by atoms with Crippen molar-refractivity contribution in [2.24, 2.45) is 5.73 Å². The van der Waals surface area contributed by atoms with Gasteiger partial charge in [-0.2, -0.15) is 5.26 Å². The molecule has 2 aliphatic heterocycles. The molecular weight excluding hydrogens is 340 g/mol. The van der Waals surface area contributed by atoms with Gasteiger partial charge in [0.25, 0.3) is 0 Å². The topological polar surface area (TPSA) is 90.4 Å². The van der Waals surface area contributed by atoms with E-state index in [1.807, 2.05) is 36.4 Å². The standard InChI is InChI=1S/C21H20N4O2/c22-13-24-9-4-7-18(24)21(27)25-10-8-16-17(14-5-2-1-3-6-14)11-15(20(23)26)12-19(16)25/h1-3,5-6,11-12,18H,4,7-10H2,(H2,23,26)/t18-/m0/s1. The van der Waals surface area contributed by atoms with Gasteiger partial charge in [-0.25, -0.2) is 0 Å². The molecule has 1 saturated heterocycles. The Morgan fingerprint density at radius 2 is 1.93 bits per heavy atom. The van der Waals surface area contributed by atoms with Crippen molar-refractivity contribution < 1.29 is 9.59 Å². The molecular formula is C21H20N4O2. The fourth-order valence-electron chi connectivity index (χ4n) is 4.07. The second kappa shape index (κ2) is 6.76. The summed E-state index contributed by atoms with van der Waals surface area (Å²) < 4.78 is 0. The van der Waals surface area contributed by atoms with Gasteiger partial charge in [0.05, 0.1) is 0 Å². The molecule has 2 amide bonds. The highest BCUT2D eigenvalue weighted by Gasteiger charge is 2.37. The second-order valence-corrected chi connectivity index (χ2v) is 6.94. The Kier molecular flexibility index (Phi) is 4.28. The Morgan fingerprint density at radius 3 is 2.63 bits per heavy atom. The highest BCUT2D eigenvalue weighted by Crippen LogP contribution is 2.38. The van der Waals surface area contributed by atoms with Gasteiger partial charge in [-0.3, -0.25) is 14.5 Å². The van der Waals surface area contributed by atoms with E-state index in [-0.39, 0.29) is 5.91 Å². The predicted molar refractivity (Wildman–Crippen MR) is 102 cm³/mol. The number of nitrogens with two attached hydrogens (primary N) is 1. The molecule has 136 valence electrons. The van der Waals surface area contributed by atoms with Gasteiger partial charge in [0.1, 0.15) is 6.04 Å². The lowest BCUT2D eigenvalue weighted by Crippen LogP contribution is -2.43. The molecule has 0 spiro atoms. The first-order valence-corrected chi connectivity index (χ1v) is 9.10. The maximum atomic E-state index is 13.1. The van der Waals surface area contributed by atoms with Crippen molar-refractivity contribution in [1.29, 1.82) is 5.26 Å². The minimum atomic E-state index is -0.520. The van der Waals surface area contributed by atoms with Gasteiger partial charge < -0.3 is 10.6 Å². The number of amides is 2. The molecule has 4 rings (SSSR count). The van der Waals surface area contributed by atoms with E-state index in [1.54, 1.807) is 15.9 Å². The number of hydrogen-bond acceptors (Lipinski definition) is 4. The maximum Gasteiger partial charge on any atom is 0.250 e. The van der Waals surface area contributed by atoms with Crippen molar-refractivity contribution in [3.05, 3.63) is 53.6 Å². The summed E-state index contributed by atoms with van der Waals surface area (Å²) in [6.45, 7) is 1.16. The van der Waals surface area contributed by atoms with Gasteiger partial charge in [-0.1, -0.05) is 30.3 Å². The number of hydrogen-bond donors (Lipinski definition) is 1. The number of likely N-dealkylation sites (tertiary alicyclic amines) is 1. The Hall–Kier alpha value is -3.33. The summed E-state index contributed by atoms with van der Waals surface area (Å²) in [6, 6.07) is 12.9. The number of benzene rings is 2. The fourth-order valence-corrected chi connectivity index (χ4v) is 4.07. The number of anilines is 1. The molecule has 0 unspecified atom stereocenters. The van der Waals surface area contributed by atoms with Crippen LogP contribution < -0.4 is 10.6 Å². The van der Waals surface area contributed by atoms with Crippen LogP contribution in [0.25, 0.3) is 11.1 Å². The lowest BCUT2D eigenvalue weighted by atomic mass is 9.95. The first kappa shape index (κ1) is 17.1. The SMILES string of the molecule is N#CN1CCC[C@H]1C(=O)N1CCc2c(-c3ccccc3)cc(C(N)=O)cc21. The van der Waals surface area contributed by atoms with Crippen LogP contribution in [0.15, 0.2) is 42.5 Å². The van der Waals surface area contributed by atoms with Gasteiger partial charge >= 0.3 is 0 Å². The zero-order valence-corrected chi connectivity index (χ0v) is 14.9. The molecule has 6 nitrogen and oxygen atoms in total. The molecule has 2 N–H and O–H groups in total. The largest absolute Gasteiger partial charge is 0.366 e. The highest BCUT2D eigenvalue weighted by molar-refractivity contribution is 6.03. The zero-order chi connectivity index (χ0) is 19.0. The van der Waals surface area contributed by atoms with Crippen LogP contribution >= 0.6 is 0 Å². The van der Waals surface area contributed by atoms with Gasteiger partial charge in [-0.15, -0.1) is 0 Å². The first-order chi connectivity index (χ1) is 13.1. The van der Waals surface area contributed by atoms with Crippen LogP contribution in [0.4, 0.5) is 5.69 Å². The lowest BCUT2D eigenvalue weighted by Gasteiger charge is -2.25. The van der Waals surface area contributed by atoms with E-state index in [1.165, 1.54) is 0 Å². The molecule has 6 heteroatoms. The molecule has 0 bridgehead atoms. The van der Waals surface area contributed by atoms with Crippen molar-refractivity contribution in [1.82, 2.24) is 4.90 Å². The van der Waals surface area contributed by atoms with Crippen molar-refractivity contribution >= 4 is 17.5 Å². The summed E-state index contributed by atoms with van der Waals surface area (Å²) >= 11 is 0. The van der Waals surface area contributed by atoms with Crippen molar-refractivity contribution in [3.8, 4) is 17.3 Å². The summed E-state index contributed by atoms with van der Waals surface area (Å²) in [4.78, 5) is 28.3. The van der Waals surface area contributed by atoms with Crippen molar-refractivity contribution in [2.75, 3.05) is 18.0 Å². The Balaban J connectivity index is 1.78. The third-order valence-electron chi connectivity index (χ3n) is 5.40. The number of nitriles is 1. The quantitative estimate of drug-likeness (QED) is 0.850. The van der Waals surface area contributed by atoms with Gasteiger partial charge in [-0.05, 0) is 48.1 Å².